The van der Waals surface area contributed by atoms with Gasteiger partial charge in [0.2, 0.25) is 0 Å². The van der Waals surface area contributed by atoms with Crippen LogP contribution in [0.25, 0.3) is 0 Å². The molecule has 2 aromatic carbocycles. The van der Waals surface area contributed by atoms with E-state index in [0.717, 1.165) is 5.69 Å². The Morgan fingerprint density at radius 1 is 0.850 bits per heavy atom. The zero-order valence-electron chi connectivity index (χ0n) is 12.0. The average molecular weight is 275 g/mol. The second-order valence-electron chi connectivity index (χ2n) is 5.28. The Kier molecular flexibility index (Phi) is 4.38. The standard InChI is InChI=1S/C17H19F2N/c1-11(2)13-7-9-14(10-8-13)20-12(3)17-15(18)5-4-6-16(17)19/h4-12,20H,1-3H3. The Labute approximate surface area is 118 Å². The zero-order valence-corrected chi connectivity index (χ0v) is 12.0. The lowest BCUT2D eigenvalue weighted by atomic mass is 10.0. The summed E-state index contributed by atoms with van der Waals surface area (Å²) in [6.45, 7) is 6.00. The normalized spacial score (nSPS) is 12.5. The fourth-order valence-corrected chi connectivity index (χ4v) is 2.21. The lowest BCUT2D eigenvalue weighted by Gasteiger charge is -2.17. The number of hydrogen-bond donors (Lipinski definition) is 1. The highest BCUT2D eigenvalue weighted by atomic mass is 19.1. The molecule has 1 unspecified atom stereocenters. The predicted octanol–water partition coefficient (Wildman–Crippen LogP) is 5.26. The maximum Gasteiger partial charge on any atom is 0.131 e. The van der Waals surface area contributed by atoms with Gasteiger partial charge in [0.25, 0.3) is 0 Å². The Balaban J connectivity index is 2.17. The van der Waals surface area contributed by atoms with Crippen LogP contribution in [0.15, 0.2) is 42.5 Å². The Hall–Kier alpha value is -1.90. The zero-order chi connectivity index (χ0) is 14.7. The van der Waals surface area contributed by atoms with Gasteiger partial charge < -0.3 is 5.32 Å². The van der Waals surface area contributed by atoms with E-state index in [9.17, 15) is 8.78 Å². The largest absolute Gasteiger partial charge is 0.378 e. The second kappa shape index (κ2) is 6.04. The van der Waals surface area contributed by atoms with Crippen molar-refractivity contribution in [1.82, 2.24) is 0 Å². The summed E-state index contributed by atoms with van der Waals surface area (Å²) < 4.78 is 27.4. The number of benzene rings is 2. The molecule has 1 N–H and O–H groups in total. The van der Waals surface area contributed by atoms with Crippen LogP contribution in [-0.4, -0.2) is 0 Å². The SMILES string of the molecule is CC(C)c1ccc(NC(C)c2c(F)cccc2F)cc1. The summed E-state index contributed by atoms with van der Waals surface area (Å²) in [4.78, 5) is 0. The van der Waals surface area contributed by atoms with E-state index in [1.807, 2.05) is 24.3 Å². The van der Waals surface area contributed by atoms with E-state index in [4.69, 9.17) is 0 Å². The number of nitrogens with one attached hydrogen (secondary N) is 1. The molecule has 0 amide bonds. The summed E-state index contributed by atoms with van der Waals surface area (Å²) in [5.41, 5.74) is 2.16. The maximum atomic E-state index is 13.7. The molecule has 0 saturated carbocycles. The molecular weight excluding hydrogens is 256 g/mol. The van der Waals surface area contributed by atoms with Crippen molar-refractivity contribution in [3.05, 3.63) is 65.2 Å². The van der Waals surface area contributed by atoms with Crippen molar-refractivity contribution in [3.8, 4) is 0 Å². The third-order valence-electron chi connectivity index (χ3n) is 3.39. The Bertz CT molecular complexity index is 556. The van der Waals surface area contributed by atoms with Crippen molar-refractivity contribution in [3.63, 3.8) is 0 Å². The third-order valence-corrected chi connectivity index (χ3v) is 3.39. The first-order chi connectivity index (χ1) is 9.49. The van der Waals surface area contributed by atoms with Gasteiger partial charge in [0.15, 0.2) is 0 Å². The predicted molar refractivity (Wildman–Crippen MR) is 78.9 cm³/mol. The topological polar surface area (TPSA) is 12.0 Å². The molecule has 0 heterocycles. The first kappa shape index (κ1) is 14.5. The van der Waals surface area contributed by atoms with Crippen molar-refractivity contribution in [1.29, 1.82) is 0 Å². The smallest absolute Gasteiger partial charge is 0.131 e. The molecule has 1 nitrogen and oxygen atoms in total. The first-order valence-electron chi connectivity index (χ1n) is 6.79. The molecule has 20 heavy (non-hydrogen) atoms. The molecule has 2 rings (SSSR count). The summed E-state index contributed by atoms with van der Waals surface area (Å²) in [7, 11) is 0. The first-order valence-corrected chi connectivity index (χ1v) is 6.79. The van der Waals surface area contributed by atoms with Crippen LogP contribution >= 0.6 is 0 Å². The minimum absolute atomic E-state index is 0.0698. The summed E-state index contributed by atoms with van der Waals surface area (Å²) in [6.07, 6.45) is 0. The fraction of sp³-hybridized carbons (Fsp3) is 0.294. The van der Waals surface area contributed by atoms with Gasteiger partial charge in [-0.05, 0) is 42.7 Å². The van der Waals surface area contributed by atoms with E-state index in [0.29, 0.717) is 5.92 Å². The maximum absolute atomic E-state index is 13.7. The number of rotatable bonds is 4. The molecule has 1 atom stereocenters. The molecule has 0 aliphatic rings. The van der Waals surface area contributed by atoms with E-state index in [1.165, 1.54) is 23.8 Å². The minimum atomic E-state index is -0.524. The molecule has 0 spiro atoms. The van der Waals surface area contributed by atoms with Gasteiger partial charge in [0.1, 0.15) is 11.6 Å². The minimum Gasteiger partial charge on any atom is -0.378 e. The van der Waals surface area contributed by atoms with Gasteiger partial charge in [0.05, 0.1) is 6.04 Å². The number of halogens is 2. The number of hydrogen-bond acceptors (Lipinski definition) is 1. The molecule has 0 bridgehead atoms. The van der Waals surface area contributed by atoms with Crippen LogP contribution in [0.1, 0.15) is 43.9 Å². The van der Waals surface area contributed by atoms with Crippen LogP contribution in [0.5, 0.6) is 0 Å². The van der Waals surface area contributed by atoms with E-state index < -0.39 is 17.7 Å². The van der Waals surface area contributed by atoms with Gasteiger partial charge in [-0.1, -0.05) is 32.0 Å². The van der Waals surface area contributed by atoms with Gasteiger partial charge in [-0.2, -0.15) is 0 Å². The summed E-state index contributed by atoms with van der Waals surface area (Å²) in [5.74, 6) is -0.585. The van der Waals surface area contributed by atoms with Crippen LogP contribution < -0.4 is 5.32 Å². The molecule has 2 aromatic rings. The molecule has 0 aromatic heterocycles. The average Bonchev–Trinajstić information content (AvgIpc) is 2.39. The van der Waals surface area contributed by atoms with Gasteiger partial charge in [-0.25, -0.2) is 8.78 Å². The molecule has 0 aliphatic heterocycles. The van der Waals surface area contributed by atoms with Crippen LogP contribution in [0.4, 0.5) is 14.5 Å². The highest BCUT2D eigenvalue weighted by Gasteiger charge is 2.15. The monoisotopic (exact) mass is 275 g/mol. The Morgan fingerprint density at radius 3 is 1.90 bits per heavy atom. The van der Waals surface area contributed by atoms with Crippen LogP contribution in [0.2, 0.25) is 0 Å². The summed E-state index contributed by atoms with van der Waals surface area (Å²) in [6, 6.07) is 11.4. The molecule has 0 radical (unpaired) electrons. The van der Waals surface area contributed by atoms with E-state index in [-0.39, 0.29) is 5.56 Å². The molecular formula is C17H19F2N. The highest BCUT2D eigenvalue weighted by Crippen LogP contribution is 2.25. The summed E-state index contributed by atoms with van der Waals surface area (Å²) >= 11 is 0. The quantitative estimate of drug-likeness (QED) is 0.802. The van der Waals surface area contributed by atoms with E-state index in [1.54, 1.807) is 6.92 Å². The molecule has 0 fully saturated rings. The number of anilines is 1. The van der Waals surface area contributed by atoms with Crippen molar-refractivity contribution in [2.24, 2.45) is 0 Å². The lowest BCUT2D eigenvalue weighted by molar-refractivity contribution is 0.544. The van der Waals surface area contributed by atoms with Crippen molar-refractivity contribution >= 4 is 5.69 Å². The fourth-order valence-electron chi connectivity index (χ4n) is 2.21. The van der Waals surface area contributed by atoms with Crippen molar-refractivity contribution < 1.29 is 8.78 Å². The van der Waals surface area contributed by atoms with Crippen LogP contribution in [-0.2, 0) is 0 Å². The van der Waals surface area contributed by atoms with Crippen molar-refractivity contribution in [2.75, 3.05) is 5.32 Å². The van der Waals surface area contributed by atoms with Crippen molar-refractivity contribution in [2.45, 2.75) is 32.7 Å². The molecule has 0 aliphatic carbocycles. The molecule has 0 saturated heterocycles. The molecule has 3 heteroatoms. The third kappa shape index (κ3) is 3.16. The summed E-state index contributed by atoms with van der Waals surface area (Å²) in [5, 5.41) is 3.13. The molecule has 106 valence electrons. The van der Waals surface area contributed by atoms with E-state index >= 15 is 0 Å². The van der Waals surface area contributed by atoms with Gasteiger partial charge in [-0.3, -0.25) is 0 Å². The van der Waals surface area contributed by atoms with Crippen LogP contribution in [0.3, 0.4) is 0 Å². The van der Waals surface area contributed by atoms with E-state index in [2.05, 4.69) is 19.2 Å². The lowest BCUT2D eigenvalue weighted by Crippen LogP contribution is -2.10. The highest BCUT2D eigenvalue weighted by molar-refractivity contribution is 5.47. The van der Waals surface area contributed by atoms with Gasteiger partial charge >= 0.3 is 0 Å². The second-order valence-corrected chi connectivity index (χ2v) is 5.28. The van der Waals surface area contributed by atoms with Crippen LogP contribution in [0, 0.1) is 11.6 Å². The van der Waals surface area contributed by atoms with Gasteiger partial charge in [-0.15, -0.1) is 0 Å². The van der Waals surface area contributed by atoms with Gasteiger partial charge in [0, 0.05) is 11.3 Å². The Morgan fingerprint density at radius 2 is 1.40 bits per heavy atom.